The van der Waals surface area contributed by atoms with Crippen molar-refractivity contribution >= 4 is 66.6 Å². The third-order valence-corrected chi connectivity index (χ3v) is 7.24. The number of hydrogen-bond donors (Lipinski definition) is 2. The highest BCUT2D eigenvalue weighted by molar-refractivity contribution is 6.53. The zero-order valence-electron chi connectivity index (χ0n) is 20.2. The molecule has 0 saturated carbocycles. The van der Waals surface area contributed by atoms with E-state index in [-0.39, 0.29) is 23.9 Å². The van der Waals surface area contributed by atoms with Gasteiger partial charge in [-0.25, -0.2) is 0 Å². The Morgan fingerprint density at radius 3 is 2.36 bits per heavy atom. The maximum absolute atomic E-state index is 14.7. The fraction of sp³-hybridized carbons (Fsp3) is 0.273. The maximum Gasteiger partial charge on any atom is 0.349 e. The van der Waals surface area contributed by atoms with Crippen molar-refractivity contribution in [3.05, 3.63) is 69.7 Å². The monoisotopic (exact) mass is 509 g/mol. The van der Waals surface area contributed by atoms with E-state index in [1.807, 2.05) is 0 Å². The van der Waals surface area contributed by atoms with Gasteiger partial charge in [-0.1, -0.05) is 35.9 Å². The van der Waals surface area contributed by atoms with Crippen molar-refractivity contribution in [1.29, 1.82) is 0 Å². The number of carbonyl (C=O) groups excluding carboxylic acids is 4. The molecule has 2 heterocycles. The van der Waals surface area contributed by atoms with Gasteiger partial charge in [-0.2, -0.15) is 8.78 Å². The number of hydrogen-bond acceptors (Lipinski definition) is 4. The summed E-state index contributed by atoms with van der Waals surface area (Å²) >= 11 is 5.75. The Morgan fingerprint density at radius 2 is 1.72 bits per heavy atom. The number of amides is 4. The summed E-state index contributed by atoms with van der Waals surface area (Å²) < 4.78 is 29.4. The fourth-order valence-electron chi connectivity index (χ4n) is 4.82. The summed E-state index contributed by atoms with van der Waals surface area (Å²) in [5.41, 5.74) is -0.211. The number of benzene rings is 2. The number of nitrogens with one attached hydrogen (secondary N) is 2. The average Bonchev–Trinajstić information content (AvgIpc) is 3.14. The van der Waals surface area contributed by atoms with Crippen LogP contribution in [0.25, 0.3) is 0 Å². The second kappa shape index (κ2) is 8.80. The summed E-state index contributed by atoms with van der Waals surface area (Å²) in [6, 6.07) is 9.58. The molecule has 0 bridgehead atoms. The van der Waals surface area contributed by atoms with E-state index in [4.69, 9.17) is 11.6 Å². The van der Waals surface area contributed by atoms with Gasteiger partial charge in [-0.05, 0) is 41.0 Å². The van der Waals surface area contributed by atoms with Crippen LogP contribution in [0, 0.1) is 0 Å². The average molecular weight is 509 g/mol. The van der Waals surface area contributed by atoms with Crippen LogP contribution in [0.1, 0.15) is 39.4 Å². The van der Waals surface area contributed by atoms with Crippen molar-refractivity contribution in [2.24, 2.45) is 0 Å². The lowest BCUT2D eigenvalue weighted by atomic mass is 9.45. The van der Waals surface area contributed by atoms with Crippen LogP contribution >= 0.6 is 11.6 Å². The molecule has 182 valence electrons. The molecular weight excluding hydrogens is 487 g/mol. The van der Waals surface area contributed by atoms with E-state index in [9.17, 15) is 28.0 Å². The second-order valence-corrected chi connectivity index (χ2v) is 10.6. The molecule has 1 unspecified atom stereocenters. The van der Waals surface area contributed by atoms with Crippen LogP contribution < -0.4 is 10.6 Å². The topological polar surface area (TPSA) is 95.6 Å². The molecule has 36 heavy (non-hydrogen) atoms. The van der Waals surface area contributed by atoms with Crippen molar-refractivity contribution in [1.82, 2.24) is 15.5 Å². The van der Waals surface area contributed by atoms with Gasteiger partial charge in [0.15, 0.2) is 0 Å². The highest BCUT2D eigenvalue weighted by Gasteiger charge is 2.53. The van der Waals surface area contributed by atoms with E-state index in [2.05, 4.69) is 10.6 Å². The Balaban J connectivity index is 1.53. The number of imide groups is 1. The Hall–Kier alpha value is -3.07. The molecule has 1 saturated heterocycles. The lowest BCUT2D eigenvalue weighted by molar-refractivity contribution is -0.147. The predicted molar refractivity (Wildman–Crippen MR) is 140 cm³/mol. The standard InChI is InChI=1S/C22H22B4ClF2N3O4/c23-15(30-19(36)22(28,29)12-2-4-13(27)5-3-12)10-1-6-14-11(7-10)8-32(16(14)33)21(26)9-20(24,25)17(34)31-18(21)35/h1-7,15H,8-9,23-26H2,(H,30,36)(H,31,34,35)/t15?,21-/m0/s1. The van der Waals surface area contributed by atoms with Crippen molar-refractivity contribution in [3.8, 4) is 0 Å². The molecule has 2 atom stereocenters. The maximum atomic E-state index is 14.7. The van der Waals surface area contributed by atoms with Gasteiger partial charge in [0, 0.05) is 28.6 Å². The summed E-state index contributed by atoms with van der Waals surface area (Å²) in [6.45, 7) is 0.109. The first-order valence-electron chi connectivity index (χ1n) is 11.4. The minimum absolute atomic E-state index is 0.109. The van der Waals surface area contributed by atoms with E-state index < -0.39 is 45.8 Å². The Bertz CT molecular complexity index is 1290. The molecular formula is C22H22B4ClF2N3O4. The van der Waals surface area contributed by atoms with Crippen molar-refractivity contribution in [3.63, 3.8) is 0 Å². The minimum atomic E-state index is -3.77. The van der Waals surface area contributed by atoms with Crippen LogP contribution in [-0.2, 0) is 26.9 Å². The van der Waals surface area contributed by atoms with E-state index in [0.29, 0.717) is 16.7 Å². The highest BCUT2D eigenvalue weighted by Crippen LogP contribution is 2.40. The normalized spacial score (nSPS) is 22.1. The Kier molecular flexibility index (Phi) is 6.35. The van der Waals surface area contributed by atoms with E-state index in [0.717, 1.165) is 12.1 Å². The minimum Gasteiger partial charge on any atom is -0.352 e. The Labute approximate surface area is 215 Å². The van der Waals surface area contributed by atoms with Gasteiger partial charge in [0.1, 0.15) is 31.4 Å². The zero-order valence-corrected chi connectivity index (χ0v) is 21.0. The molecule has 4 amide bonds. The van der Waals surface area contributed by atoms with Crippen molar-refractivity contribution in [2.75, 3.05) is 0 Å². The van der Waals surface area contributed by atoms with E-state index >= 15 is 0 Å². The van der Waals surface area contributed by atoms with Gasteiger partial charge < -0.3 is 10.2 Å². The predicted octanol–water partition coefficient (Wildman–Crippen LogP) is -1.41. The fourth-order valence-corrected chi connectivity index (χ4v) is 4.94. The van der Waals surface area contributed by atoms with E-state index in [1.54, 1.807) is 49.6 Å². The number of rotatable bonds is 5. The number of nitrogens with zero attached hydrogens (tertiary/aromatic N) is 1. The third-order valence-electron chi connectivity index (χ3n) is 6.99. The molecule has 4 rings (SSSR count). The Morgan fingerprint density at radius 1 is 1.08 bits per heavy atom. The molecule has 2 aromatic rings. The molecule has 2 aliphatic rings. The summed E-state index contributed by atoms with van der Waals surface area (Å²) in [4.78, 5) is 52.0. The molecule has 2 aliphatic heterocycles. The van der Waals surface area contributed by atoms with Crippen LogP contribution in [0.5, 0.6) is 0 Å². The van der Waals surface area contributed by atoms with Crippen LogP contribution in [0.15, 0.2) is 42.5 Å². The van der Waals surface area contributed by atoms with Gasteiger partial charge in [0.05, 0.1) is 5.44 Å². The summed E-state index contributed by atoms with van der Waals surface area (Å²) in [5.74, 6) is -7.31. The third kappa shape index (κ3) is 4.34. The molecule has 2 aromatic carbocycles. The molecule has 2 N–H and O–H groups in total. The van der Waals surface area contributed by atoms with Crippen LogP contribution in [0.2, 0.25) is 10.2 Å². The first-order valence-corrected chi connectivity index (χ1v) is 11.8. The molecule has 0 spiro atoms. The van der Waals surface area contributed by atoms with Gasteiger partial charge in [0.2, 0.25) is 11.8 Å². The lowest BCUT2D eigenvalue weighted by Gasteiger charge is -2.46. The SMILES string of the molecule is BC(NC(=O)C(F)(F)c1ccc(Cl)cc1)c1ccc2c(c1)CN([C@@]1(B)CC(B)(B)C(=O)NC1=O)C2=O. The number of carbonyl (C=O) groups is 4. The molecule has 0 radical (unpaired) electrons. The number of alkyl halides is 2. The summed E-state index contributed by atoms with van der Waals surface area (Å²) in [7, 11) is 6.62. The van der Waals surface area contributed by atoms with Crippen molar-refractivity contribution in [2.45, 2.75) is 35.5 Å². The van der Waals surface area contributed by atoms with Crippen LogP contribution in [0.4, 0.5) is 8.78 Å². The molecule has 1 fully saturated rings. The molecule has 7 nitrogen and oxygen atoms in total. The number of halogens is 3. The summed E-state index contributed by atoms with van der Waals surface area (Å²) in [5, 5.41) is 4.13. The van der Waals surface area contributed by atoms with Gasteiger partial charge >= 0.3 is 5.92 Å². The first kappa shape index (κ1) is 26.0. The zero-order chi connectivity index (χ0) is 26.6. The lowest BCUT2D eigenvalue weighted by Crippen LogP contribution is -2.67. The molecule has 0 aliphatic carbocycles. The smallest absolute Gasteiger partial charge is 0.349 e. The summed E-state index contributed by atoms with van der Waals surface area (Å²) in [6.07, 6.45) is 0.156. The van der Waals surface area contributed by atoms with E-state index in [1.165, 1.54) is 17.0 Å². The van der Waals surface area contributed by atoms with Gasteiger partial charge in [-0.15, -0.1) is 0 Å². The largest absolute Gasteiger partial charge is 0.352 e. The van der Waals surface area contributed by atoms with Gasteiger partial charge in [0.25, 0.3) is 11.8 Å². The second-order valence-electron chi connectivity index (χ2n) is 10.2. The number of fused-ring (bicyclic) bond motifs is 1. The van der Waals surface area contributed by atoms with Crippen molar-refractivity contribution < 1.29 is 28.0 Å². The highest BCUT2D eigenvalue weighted by atomic mass is 35.5. The quantitative estimate of drug-likeness (QED) is 0.383. The number of piperidine rings is 1. The first-order chi connectivity index (χ1) is 16.7. The van der Waals surface area contributed by atoms with Crippen LogP contribution in [0.3, 0.4) is 0 Å². The van der Waals surface area contributed by atoms with Crippen LogP contribution in [-0.4, -0.2) is 65.4 Å². The van der Waals surface area contributed by atoms with Gasteiger partial charge in [-0.3, -0.25) is 24.5 Å². The molecule has 14 heteroatoms. The molecule has 0 aromatic heterocycles.